The first kappa shape index (κ1) is 15.1. The number of hydrogen-bond acceptors (Lipinski definition) is 4. The molecule has 0 unspecified atom stereocenters. The molecule has 0 bridgehead atoms. The lowest BCUT2D eigenvalue weighted by Crippen LogP contribution is -2.16. The number of benzene rings is 1. The third kappa shape index (κ3) is 2.66. The van der Waals surface area contributed by atoms with Gasteiger partial charge in [-0.2, -0.15) is 0 Å². The van der Waals surface area contributed by atoms with E-state index in [1.54, 1.807) is 12.1 Å². The van der Waals surface area contributed by atoms with Crippen molar-refractivity contribution in [1.82, 2.24) is 9.55 Å². The second-order valence-corrected chi connectivity index (χ2v) is 5.30. The third-order valence-corrected chi connectivity index (χ3v) is 3.75. The Bertz CT molecular complexity index is 986. The lowest BCUT2D eigenvalue weighted by atomic mass is 10.1. The normalized spacial score (nSPS) is 14.2. The molecule has 0 radical (unpaired) electrons. The number of aromatic hydroxyl groups is 1. The average molecular weight is 329 g/mol. The van der Waals surface area contributed by atoms with Gasteiger partial charge in [-0.15, -0.1) is 6.58 Å². The van der Waals surface area contributed by atoms with Crippen molar-refractivity contribution in [2.45, 2.75) is 6.54 Å². The number of hydrogen-bond donors (Lipinski definition) is 2. The molecule has 3 rings (SSSR count). The molecule has 2 N–H and O–H groups in total. The number of aromatic amines is 1. The average Bonchev–Trinajstić information content (AvgIpc) is 2.90. The summed E-state index contributed by atoms with van der Waals surface area (Å²) in [5, 5.41) is 10.3. The highest BCUT2D eigenvalue weighted by Crippen LogP contribution is 2.33. The Labute approximate surface area is 135 Å². The fourth-order valence-electron chi connectivity index (χ4n) is 2.34. The predicted molar refractivity (Wildman–Crippen MR) is 90.2 cm³/mol. The summed E-state index contributed by atoms with van der Waals surface area (Å²) in [6, 6.07) is 4.20. The molecule has 0 amide bonds. The second-order valence-electron chi connectivity index (χ2n) is 4.92. The molecule has 2 heterocycles. The lowest BCUT2D eigenvalue weighted by molar-refractivity contribution is 0.413. The smallest absolute Gasteiger partial charge is 0.262 e. The molecule has 1 aromatic carbocycles. The standard InChI is InChI=1S/C16H12FN3O2S/c1-2-5-20-15(22)12(14(21)19-16(20)23)6-9-8-18-13-7-10(17)3-4-11(9)13/h2-4,6-8,22H,1,5H2,(H,19,21,23). The van der Waals surface area contributed by atoms with Crippen LogP contribution in [0.3, 0.4) is 0 Å². The van der Waals surface area contributed by atoms with Crippen molar-refractivity contribution in [3.05, 3.63) is 62.9 Å². The Balaban J connectivity index is 2.17. The van der Waals surface area contributed by atoms with Crippen molar-refractivity contribution in [2.24, 2.45) is 4.99 Å². The molecule has 0 fully saturated rings. The molecule has 7 heteroatoms. The van der Waals surface area contributed by atoms with Crippen LogP contribution >= 0.6 is 12.2 Å². The molecule has 1 aliphatic rings. The van der Waals surface area contributed by atoms with E-state index in [0.717, 1.165) is 0 Å². The van der Waals surface area contributed by atoms with E-state index in [0.29, 0.717) is 16.8 Å². The van der Waals surface area contributed by atoms with Crippen molar-refractivity contribution in [2.75, 3.05) is 0 Å². The summed E-state index contributed by atoms with van der Waals surface area (Å²) < 4.78 is 14.7. The summed E-state index contributed by atoms with van der Waals surface area (Å²) in [5.74, 6) is -0.641. The van der Waals surface area contributed by atoms with Crippen LogP contribution in [-0.4, -0.2) is 20.9 Å². The van der Waals surface area contributed by atoms with E-state index in [4.69, 9.17) is 12.2 Å². The number of aromatic nitrogens is 2. The largest absolute Gasteiger partial charge is 0.494 e. The van der Waals surface area contributed by atoms with E-state index in [-0.39, 0.29) is 28.6 Å². The van der Waals surface area contributed by atoms with Gasteiger partial charge in [0.25, 0.3) is 5.56 Å². The topological polar surface area (TPSA) is 70.4 Å². The number of rotatable bonds is 3. The van der Waals surface area contributed by atoms with Gasteiger partial charge in [0.1, 0.15) is 11.4 Å². The monoisotopic (exact) mass is 329 g/mol. The highest BCUT2D eigenvalue weighted by molar-refractivity contribution is 7.71. The third-order valence-electron chi connectivity index (χ3n) is 3.43. The maximum Gasteiger partial charge on any atom is 0.262 e. The first-order chi connectivity index (χ1) is 11.0. The first-order valence-corrected chi connectivity index (χ1v) is 7.14. The Morgan fingerprint density at radius 2 is 2.26 bits per heavy atom. The number of fused-ring (bicyclic) bond motifs is 1. The summed E-state index contributed by atoms with van der Waals surface area (Å²) in [5.41, 5.74) is 1.31. The minimum Gasteiger partial charge on any atom is -0.494 e. The predicted octanol–water partition coefficient (Wildman–Crippen LogP) is 3.19. The van der Waals surface area contributed by atoms with E-state index in [1.165, 1.54) is 29.0 Å². The van der Waals surface area contributed by atoms with Crippen LogP contribution in [0.5, 0.6) is 5.88 Å². The molecule has 5 nitrogen and oxygen atoms in total. The fraction of sp³-hybridized carbons (Fsp3) is 0.0625. The first-order valence-electron chi connectivity index (χ1n) is 6.74. The van der Waals surface area contributed by atoms with E-state index in [2.05, 4.69) is 16.6 Å². The lowest BCUT2D eigenvalue weighted by Gasteiger charge is -2.09. The zero-order chi connectivity index (χ0) is 16.6. The van der Waals surface area contributed by atoms with Gasteiger partial charge < -0.3 is 5.11 Å². The molecule has 0 atom stereocenters. The van der Waals surface area contributed by atoms with Crippen molar-refractivity contribution in [1.29, 1.82) is 0 Å². The Morgan fingerprint density at radius 1 is 1.48 bits per heavy atom. The Kier molecular flexibility index (Phi) is 3.79. The van der Waals surface area contributed by atoms with Crippen LogP contribution in [-0.2, 0) is 6.54 Å². The van der Waals surface area contributed by atoms with Crippen molar-refractivity contribution in [3.63, 3.8) is 0 Å². The molecular formula is C16H12FN3O2S. The van der Waals surface area contributed by atoms with Gasteiger partial charge in [-0.3, -0.25) is 19.3 Å². The molecule has 1 aliphatic heterocycles. The van der Waals surface area contributed by atoms with Gasteiger partial charge in [0.15, 0.2) is 4.77 Å². The van der Waals surface area contributed by atoms with Crippen LogP contribution in [0.4, 0.5) is 10.1 Å². The minimum absolute atomic E-state index is 0.0547. The number of aliphatic imine (C=N–C) groups is 1. The summed E-state index contributed by atoms with van der Waals surface area (Å²) in [6.07, 6.45) is 4.57. The van der Waals surface area contributed by atoms with E-state index >= 15 is 0 Å². The number of halogens is 1. The summed E-state index contributed by atoms with van der Waals surface area (Å²) >= 11 is 5.02. The summed E-state index contributed by atoms with van der Waals surface area (Å²) in [6.45, 7) is 3.85. The van der Waals surface area contributed by atoms with Gasteiger partial charge in [0.05, 0.1) is 5.69 Å². The van der Waals surface area contributed by atoms with Gasteiger partial charge in [-0.05, 0) is 30.4 Å². The Hall–Kier alpha value is -2.80. The van der Waals surface area contributed by atoms with Crippen LogP contribution in [0.15, 0.2) is 40.6 Å². The van der Waals surface area contributed by atoms with E-state index in [9.17, 15) is 14.3 Å². The van der Waals surface area contributed by atoms with Crippen LogP contribution < -0.4 is 5.56 Å². The van der Waals surface area contributed by atoms with Crippen molar-refractivity contribution in [3.8, 4) is 5.88 Å². The molecule has 1 aromatic heterocycles. The van der Waals surface area contributed by atoms with Crippen LogP contribution in [0.25, 0.3) is 11.6 Å². The number of nitrogens with zero attached hydrogens (tertiary/aromatic N) is 2. The van der Waals surface area contributed by atoms with E-state index in [1.807, 2.05) is 0 Å². The fourth-order valence-corrected chi connectivity index (χ4v) is 2.59. The van der Waals surface area contributed by atoms with Gasteiger partial charge >= 0.3 is 0 Å². The second kappa shape index (κ2) is 5.77. The van der Waals surface area contributed by atoms with Crippen molar-refractivity contribution >= 4 is 35.8 Å². The molecule has 0 aliphatic carbocycles. The molecule has 2 aromatic rings. The van der Waals surface area contributed by atoms with Gasteiger partial charge in [0, 0.05) is 30.0 Å². The molecule has 0 saturated heterocycles. The van der Waals surface area contributed by atoms with Gasteiger partial charge in [-0.25, -0.2) is 4.39 Å². The summed E-state index contributed by atoms with van der Waals surface area (Å²) in [4.78, 5) is 18.7. The minimum atomic E-state index is -0.510. The maximum absolute atomic E-state index is 13.2. The molecule has 116 valence electrons. The number of H-pyrrole nitrogens is 1. The van der Waals surface area contributed by atoms with Crippen LogP contribution in [0, 0.1) is 10.6 Å². The Morgan fingerprint density at radius 3 is 3.00 bits per heavy atom. The highest BCUT2D eigenvalue weighted by Gasteiger charge is 2.16. The zero-order valence-electron chi connectivity index (χ0n) is 11.9. The highest BCUT2D eigenvalue weighted by atomic mass is 32.1. The summed E-state index contributed by atoms with van der Waals surface area (Å²) in [7, 11) is 0. The van der Waals surface area contributed by atoms with Gasteiger partial charge in [0.2, 0.25) is 5.88 Å². The molecule has 0 spiro atoms. The van der Waals surface area contributed by atoms with E-state index < -0.39 is 5.56 Å². The zero-order valence-corrected chi connectivity index (χ0v) is 12.7. The van der Waals surface area contributed by atoms with Crippen LogP contribution in [0.2, 0.25) is 0 Å². The molecular weight excluding hydrogens is 317 g/mol. The molecule has 23 heavy (non-hydrogen) atoms. The quantitative estimate of drug-likeness (QED) is 0.671. The van der Waals surface area contributed by atoms with Crippen LogP contribution in [0.1, 0.15) is 11.1 Å². The SMILES string of the molecule is C=CCn1c(O)c(C=C2C=Nc3cc(F)ccc32)c(=O)[nH]c1=S. The number of nitrogens with one attached hydrogen (secondary N) is 1. The molecule has 0 saturated carbocycles. The van der Waals surface area contributed by atoms with Gasteiger partial charge in [-0.1, -0.05) is 6.08 Å². The maximum atomic E-state index is 13.2. The van der Waals surface area contributed by atoms with Crippen molar-refractivity contribution < 1.29 is 9.50 Å². The number of allylic oxidation sites excluding steroid dienone is 2.